The molecule has 0 unspecified atom stereocenters. The Morgan fingerprint density at radius 2 is 2.24 bits per heavy atom. The fraction of sp³-hybridized carbons (Fsp3) is 0.667. The van der Waals surface area contributed by atoms with Crippen molar-refractivity contribution >= 4 is 11.6 Å². The highest BCUT2D eigenvalue weighted by molar-refractivity contribution is 5.97. The van der Waals surface area contributed by atoms with Crippen molar-refractivity contribution < 1.29 is 4.79 Å². The number of anilines is 1. The van der Waals surface area contributed by atoms with Crippen LogP contribution in [0, 0.1) is 5.92 Å². The number of carbonyl (C=O) groups is 1. The molecule has 0 aromatic carbocycles. The van der Waals surface area contributed by atoms with Crippen LogP contribution in [0.3, 0.4) is 0 Å². The maximum atomic E-state index is 11.9. The van der Waals surface area contributed by atoms with Gasteiger partial charge in [0.15, 0.2) is 5.69 Å². The van der Waals surface area contributed by atoms with Gasteiger partial charge in [-0.1, -0.05) is 19.8 Å². The van der Waals surface area contributed by atoms with E-state index in [4.69, 9.17) is 5.73 Å². The van der Waals surface area contributed by atoms with Crippen molar-refractivity contribution in [3.63, 3.8) is 0 Å². The molecule has 1 aliphatic carbocycles. The van der Waals surface area contributed by atoms with E-state index in [2.05, 4.69) is 15.5 Å². The Morgan fingerprint density at radius 3 is 2.82 bits per heavy atom. The number of hydrogen-bond acceptors (Lipinski definition) is 3. The van der Waals surface area contributed by atoms with Crippen LogP contribution in [0.4, 0.5) is 5.69 Å². The zero-order valence-corrected chi connectivity index (χ0v) is 10.3. The molecule has 1 heterocycles. The average Bonchev–Trinajstić information content (AvgIpc) is 2.95. The first-order valence-corrected chi connectivity index (χ1v) is 6.33. The van der Waals surface area contributed by atoms with Gasteiger partial charge in [-0.15, -0.1) is 0 Å². The van der Waals surface area contributed by atoms with Crippen LogP contribution in [0.1, 0.15) is 48.8 Å². The number of nitrogens with two attached hydrogens (primary N) is 1. The van der Waals surface area contributed by atoms with Crippen molar-refractivity contribution in [2.24, 2.45) is 5.92 Å². The van der Waals surface area contributed by atoms with Crippen molar-refractivity contribution in [2.75, 3.05) is 12.3 Å². The average molecular weight is 236 g/mol. The Kier molecular flexibility index (Phi) is 3.66. The summed E-state index contributed by atoms with van der Waals surface area (Å²) in [6.45, 7) is 2.72. The van der Waals surface area contributed by atoms with E-state index in [0.29, 0.717) is 17.3 Å². The fourth-order valence-corrected chi connectivity index (χ4v) is 2.36. The van der Waals surface area contributed by atoms with Gasteiger partial charge in [0.25, 0.3) is 5.91 Å². The quantitative estimate of drug-likeness (QED) is 0.740. The van der Waals surface area contributed by atoms with E-state index < -0.39 is 0 Å². The molecule has 0 saturated heterocycles. The van der Waals surface area contributed by atoms with Crippen molar-refractivity contribution in [3.05, 3.63) is 11.4 Å². The van der Waals surface area contributed by atoms with Gasteiger partial charge in [-0.25, -0.2) is 0 Å². The molecule has 1 fully saturated rings. The summed E-state index contributed by atoms with van der Waals surface area (Å²) >= 11 is 0. The molecule has 4 N–H and O–H groups in total. The normalized spacial score (nSPS) is 16.3. The minimum Gasteiger partial charge on any atom is -0.395 e. The lowest BCUT2D eigenvalue weighted by atomic mass is 10.1. The van der Waals surface area contributed by atoms with E-state index in [1.54, 1.807) is 0 Å². The van der Waals surface area contributed by atoms with Crippen LogP contribution >= 0.6 is 0 Å². The molecule has 0 aliphatic heterocycles. The molecular weight excluding hydrogens is 216 g/mol. The Bertz CT molecular complexity index is 393. The van der Waals surface area contributed by atoms with Gasteiger partial charge < -0.3 is 11.1 Å². The second-order valence-corrected chi connectivity index (χ2v) is 4.68. The highest BCUT2D eigenvalue weighted by atomic mass is 16.1. The lowest BCUT2D eigenvalue weighted by Crippen LogP contribution is -2.29. The third kappa shape index (κ3) is 2.60. The van der Waals surface area contributed by atoms with Gasteiger partial charge in [-0.3, -0.25) is 9.89 Å². The minimum atomic E-state index is -0.162. The fourth-order valence-electron chi connectivity index (χ4n) is 2.36. The topological polar surface area (TPSA) is 83.8 Å². The first-order chi connectivity index (χ1) is 8.22. The summed E-state index contributed by atoms with van der Waals surface area (Å²) in [4.78, 5) is 11.9. The molecule has 17 heavy (non-hydrogen) atoms. The molecule has 1 aromatic heterocycles. The zero-order valence-electron chi connectivity index (χ0n) is 10.3. The predicted octanol–water partition coefficient (Wildman–Crippen LogP) is 1.47. The van der Waals surface area contributed by atoms with E-state index in [9.17, 15) is 4.79 Å². The number of H-pyrrole nitrogens is 1. The van der Waals surface area contributed by atoms with Gasteiger partial charge in [0, 0.05) is 6.54 Å². The standard InChI is InChI=1S/C12H20N4O/c1-2-9-10(13)11(16-15-9)12(17)14-7-8-5-3-4-6-8/h8H,2-7,13H2,1H3,(H,14,17)(H,15,16). The van der Waals surface area contributed by atoms with Crippen molar-refractivity contribution in [1.82, 2.24) is 15.5 Å². The van der Waals surface area contributed by atoms with Crippen molar-refractivity contribution in [1.29, 1.82) is 0 Å². The van der Waals surface area contributed by atoms with Gasteiger partial charge in [0.05, 0.1) is 11.4 Å². The summed E-state index contributed by atoms with van der Waals surface area (Å²) in [5.41, 5.74) is 7.49. The van der Waals surface area contributed by atoms with Crippen LogP contribution in [0.5, 0.6) is 0 Å². The van der Waals surface area contributed by atoms with Crippen LogP contribution < -0.4 is 11.1 Å². The van der Waals surface area contributed by atoms with E-state index in [0.717, 1.165) is 18.7 Å². The van der Waals surface area contributed by atoms with E-state index >= 15 is 0 Å². The van der Waals surface area contributed by atoms with Crippen molar-refractivity contribution in [2.45, 2.75) is 39.0 Å². The molecule has 0 radical (unpaired) electrons. The molecule has 1 aromatic rings. The van der Waals surface area contributed by atoms with Gasteiger partial charge >= 0.3 is 0 Å². The molecule has 94 valence electrons. The second kappa shape index (κ2) is 5.21. The minimum absolute atomic E-state index is 0.162. The molecule has 5 nitrogen and oxygen atoms in total. The van der Waals surface area contributed by atoms with Gasteiger partial charge in [0.1, 0.15) is 0 Å². The number of aryl methyl sites for hydroxylation is 1. The first kappa shape index (κ1) is 12.0. The molecule has 1 saturated carbocycles. The number of amides is 1. The highest BCUT2D eigenvalue weighted by Gasteiger charge is 2.19. The van der Waals surface area contributed by atoms with Crippen LogP contribution in [0.2, 0.25) is 0 Å². The molecule has 1 amide bonds. The number of nitrogens with one attached hydrogen (secondary N) is 2. The number of rotatable bonds is 4. The Labute approximate surface area is 101 Å². The van der Waals surface area contributed by atoms with Gasteiger partial charge in [0.2, 0.25) is 0 Å². The number of aromatic nitrogens is 2. The lowest BCUT2D eigenvalue weighted by Gasteiger charge is -2.09. The maximum absolute atomic E-state index is 11.9. The molecule has 0 bridgehead atoms. The maximum Gasteiger partial charge on any atom is 0.273 e. The molecular formula is C12H20N4O. The van der Waals surface area contributed by atoms with Crippen LogP contribution in [-0.2, 0) is 6.42 Å². The van der Waals surface area contributed by atoms with E-state index in [1.165, 1.54) is 25.7 Å². The number of aromatic amines is 1. The third-order valence-electron chi connectivity index (χ3n) is 3.48. The van der Waals surface area contributed by atoms with E-state index in [-0.39, 0.29) is 5.91 Å². The lowest BCUT2D eigenvalue weighted by molar-refractivity contribution is 0.0943. The second-order valence-electron chi connectivity index (χ2n) is 4.68. The molecule has 2 rings (SSSR count). The highest BCUT2D eigenvalue weighted by Crippen LogP contribution is 2.24. The molecule has 1 aliphatic rings. The summed E-state index contributed by atoms with van der Waals surface area (Å²) < 4.78 is 0. The molecule has 5 heteroatoms. The van der Waals surface area contributed by atoms with Crippen molar-refractivity contribution in [3.8, 4) is 0 Å². The predicted molar refractivity (Wildman–Crippen MR) is 66.7 cm³/mol. The SMILES string of the molecule is CCc1[nH]nc(C(=O)NCC2CCCC2)c1N. The molecule has 0 spiro atoms. The largest absolute Gasteiger partial charge is 0.395 e. The van der Waals surface area contributed by atoms with Gasteiger partial charge in [-0.05, 0) is 25.2 Å². The van der Waals surface area contributed by atoms with Crippen LogP contribution in [0.15, 0.2) is 0 Å². The monoisotopic (exact) mass is 236 g/mol. The summed E-state index contributed by atoms with van der Waals surface area (Å²) in [6.07, 6.45) is 5.76. The zero-order chi connectivity index (χ0) is 12.3. The molecule has 0 atom stereocenters. The Hall–Kier alpha value is -1.52. The Morgan fingerprint density at radius 1 is 1.53 bits per heavy atom. The summed E-state index contributed by atoms with van der Waals surface area (Å²) in [6, 6.07) is 0. The van der Waals surface area contributed by atoms with Crippen LogP contribution in [-0.4, -0.2) is 22.6 Å². The first-order valence-electron chi connectivity index (χ1n) is 6.33. The smallest absolute Gasteiger partial charge is 0.273 e. The van der Waals surface area contributed by atoms with Crippen LogP contribution in [0.25, 0.3) is 0 Å². The summed E-state index contributed by atoms with van der Waals surface area (Å²) in [7, 11) is 0. The van der Waals surface area contributed by atoms with E-state index in [1.807, 2.05) is 6.92 Å². The number of nitrogens with zero attached hydrogens (tertiary/aromatic N) is 1. The number of nitrogen functional groups attached to an aromatic ring is 1. The third-order valence-corrected chi connectivity index (χ3v) is 3.48. The number of carbonyl (C=O) groups excluding carboxylic acids is 1. The summed E-state index contributed by atoms with van der Waals surface area (Å²) in [5.74, 6) is 0.468. The summed E-state index contributed by atoms with van der Waals surface area (Å²) in [5, 5.41) is 9.68. The Balaban J connectivity index is 1.92. The number of hydrogen-bond donors (Lipinski definition) is 3. The van der Waals surface area contributed by atoms with Gasteiger partial charge in [-0.2, -0.15) is 5.10 Å².